The van der Waals surface area contributed by atoms with Crippen LogP contribution in [0.3, 0.4) is 0 Å². The van der Waals surface area contributed by atoms with Gasteiger partial charge in [-0.15, -0.1) is 0 Å². The molecule has 0 saturated heterocycles. The Morgan fingerprint density at radius 1 is 0.444 bits per heavy atom. The van der Waals surface area contributed by atoms with Gasteiger partial charge in [0.2, 0.25) is 0 Å². The predicted molar refractivity (Wildman–Crippen MR) is 189 cm³/mol. The Kier molecular flexibility index (Phi) is 5.59. The molecule has 0 N–H and O–H groups in total. The fourth-order valence-corrected chi connectivity index (χ4v) is 7.42. The van der Waals surface area contributed by atoms with Gasteiger partial charge in [0, 0.05) is 5.46 Å². The average molecular weight is 579 g/mol. The van der Waals surface area contributed by atoms with Crippen molar-refractivity contribution in [2.45, 2.75) is 26.2 Å². The molecule has 2 aliphatic rings. The van der Waals surface area contributed by atoms with Gasteiger partial charge in [-0.25, -0.2) is 0 Å². The SMILES string of the molecule is CC(C)(C)c1ccc(-c2c3ccccc3c(-c3ccc4c(c3)Oc3cccc5c3B4c3ccccc3O5)c3ccccc23)cc1. The fraction of sp³-hybridized carbons (Fsp3) is 0.0952. The Morgan fingerprint density at radius 3 is 1.56 bits per heavy atom. The summed E-state index contributed by atoms with van der Waals surface area (Å²) < 4.78 is 13.0. The summed E-state index contributed by atoms with van der Waals surface area (Å²) in [7, 11) is 0. The number of benzene rings is 7. The van der Waals surface area contributed by atoms with Crippen LogP contribution in [-0.4, -0.2) is 6.71 Å². The van der Waals surface area contributed by atoms with Gasteiger partial charge in [-0.2, -0.15) is 0 Å². The van der Waals surface area contributed by atoms with Crippen molar-refractivity contribution in [1.82, 2.24) is 0 Å². The van der Waals surface area contributed by atoms with E-state index in [1.54, 1.807) is 0 Å². The number of rotatable bonds is 2. The molecule has 0 saturated carbocycles. The molecular weight excluding hydrogens is 547 g/mol. The first-order chi connectivity index (χ1) is 22.0. The van der Waals surface area contributed by atoms with E-state index >= 15 is 0 Å². The van der Waals surface area contributed by atoms with Crippen LogP contribution < -0.4 is 25.9 Å². The van der Waals surface area contributed by atoms with Crippen molar-refractivity contribution in [3.8, 4) is 45.3 Å². The third-order valence-electron chi connectivity index (χ3n) is 9.57. The van der Waals surface area contributed by atoms with E-state index < -0.39 is 0 Å². The topological polar surface area (TPSA) is 18.5 Å². The summed E-state index contributed by atoms with van der Waals surface area (Å²) in [5.41, 5.74) is 9.79. The lowest BCUT2D eigenvalue weighted by Gasteiger charge is -2.33. The summed E-state index contributed by atoms with van der Waals surface area (Å²) >= 11 is 0. The lowest BCUT2D eigenvalue weighted by Crippen LogP contribution is -2.57. The Balaban J connectivity index is 1.27. The first-order valence-corrected chi connectivity index (χ1v) is 15.7. The molecule has 0 spiro atoms. The van der Waals surface area contributed by atoms with E-state index in [1.807, 2.05) is 18.2 Å². The molecule has 9 rings (SSSR count). The zero-order chi connectivity index (χ0) is 30.3. The lowest BCUT2D eigenvalue weighted by molar-refractivity contribution is 0.464. The summed E-state index contributed by atoms with van der Waals surface area (Å²) in [6, 6.07) is 48.1. The molecule has 2 heterocycles. The average Bonchev–Trinajstić information content (AvgIpc) is 3.06. The van der Waals surface area contributed by atoms with E-state index in [0.717, 1.165) is 34.0 Å². The van der Waals surface area contributed by atoms with Gasteiger partial charge in [0.1, 0.15) is 23.0 Å². The molecule has 3 heteroatoms. The van der Waals surface area contributed by atoms with Gasteiger partial charge >= 0.3 is 0 Å². The third-order valence-corrected chi connectivity index (χ3v) is 9.57. The number of hydrogen-bond acceptors (Lipinski definition) is 2. The Labute approximate surface area is 264 Å². The van der Waals surface area contributed by atoms with Gasteiger partial charge in [-0.3, -0.25) is 0 Å². The van der Waals surface area contributed by atoms with Gasteiger partial charge in [-0.05, 0) is 90.0 Å². The molecule has 0 aliphatic carbocycles. The minimum atomic E-state index is 0.0610. The molecule has 0 unspecified atom stereocenters. The summed E-state index contributed by atoms with van der Waals surface area (Å²) in [6.07, 6.45) is 0. The number of ether oxygens (including phenoxy) is 2. The molecule has 45 heavy (non-hydrogen) atoms. The summed E-state index contributed by atoms with van der Waals surface area (Å²) in [6.45, 7) is 6.86. The van der Waals surface area contributed by atoms with Crippen LogP contribution in [0.4, 0.5) is 0 Å². The quantitative estimate of drug-likeness (QED) is 0.150. The first kappa shape index (κ1) is 26.2. The van der Waals surface area contributed by atoms with Crippen LogP contribution in [0.2, 0.25) is 0 Å². The van der Waals surface area contributed by atoms with Crippen LogP contribution in [0.25, 0.3) is 43.8 Å². The highest BCUT2D eigenvalue weighted by Crippen LogP contribution is 2.45. The molecule has 7 aromatic rings. The molecule has 2 nitrogen and oxygen atoms in total. The Hall–Kier alpha value is -5.28. The molecule has 0 atom stereocenters. The summed E-state index contributed by atoms with van der Waals surface area (Å²) in [5.74, 6) is 3.54. The van der Waals surface area contributed by atoms with Crippen molar-refractivity contribution in [2.75, 3.05) is 0 Å². The Bertz CT molecular complexity index is 2250. The fourth-order valence-electron chi connectivity index (χ4n) is 7.42. The predicted octanol–water partition coefficient (Wildman–Crippen LogP) is 9.35. The van der Waals surface area contributed by atoms with E-state index in [0.29, 0.717) is 0 Å². The van der Waals surface area contributed by atoms with E-state index in [2.05, 4.69) is 136 Å². The molecule has 0 aromatic heterocycles. The maximum Gasteiger partial charge on any atom is 0.260 e. The maximum atomic E-state index is 6.68. The highest BCUT2D eigenvalue weighted by atomic mass is 16.5. The molecule has 7 aromatic carbocycles. The van der Waals surface area contributed by atoms with Crippen LogP contribution in [0.5, 0.6) is 23.0 Å². The van der Waals surface area contributed by atoms with E-state index in [4.69, 9.17) is 9.47 Å². The van der Waals surface area contributed by atoms with Crippen LogP contribution in [0.1, 0.15) is 26.3 Å². The van der Waals surface area contributed by atoms with Crippen LogP contribution in [0, 0.1) is 0 Å². The number of fused-ring (bicyclic) bond motifs is 6. The van der Waals surface area contributed by atoms with E-state index in [1.165, 1.54) is 54.7 Å². The van der Waals surface area contributed by atoms with Gasteiger partial charge < -0.3 is 9.47 Å². The smallest absolute Gasteiger partial charge is 0.260 e. The van der Waals surface area contributed by atoms with Gasteiger partial charge in [0.05, 0.1) is 0 Å². The molecular formula is C42H31BO2. The van der Waals surface area contributed by atoms with Gasteiger partial charge in [0.15, 0.2) is 0 Å². The summed E-state index contributed by atoms with van der Waals surface area (Å²) in [5, 5.41) is 4.98. The zero-order valence-electron chi connectivity index (χ0n) is 25.6. The van der Waals surface area contributed by atoms with Crippen LogP contribution >= 0.6 is 0 Å². The Morgan fingerprint density at radius 2 is 0.933 bits per heavy atom. The van der Waals surface area contributed by atoms with Crippen molar-refractivity contribution in [3.05, 3.63) is 139 Å². The van der Waals surface area contributed by atoms with Crippen molar-refractivity contribution in [2.24, 2.45) is 0 Å². The number of para-hydroxylation sites is 1. The number of hydrogen-bond donors (Lipinski definition) is 0. The minimum absolute atomic E-state index is 0.0610. The molecule has 0 amide bonds. The van der Waals surface area contributed by atoms with Gasteiger partial charge in [0.25, 0.3) is 6.71 Å². The second-order valence-corrected chi connectivity index (χ2v) is 13.3. The molecule has 214 valence electrons. The first-order valence-electron chi connectivity index (χ1n) is 15.7. The molecule has 0 fully saturated rings. The molecule has 2 aliphatic heterocycles. The van der Waals surface area contributed by atoms with Crippen molar-refractivity contribution in [3.63, 3.8) is 0 Å². The standard InChI is InChI=1S/C42H31BO2/c1-42(2,3)28-22-19-26(20-23-28)39-29-11-4-6-13-31(29)40(32-14-7-5-12-30(32)39)27-21-24-34-38(25-27)45-37-18-10-17-36-41(37)43(34)33-15-8-9-16-35(33)44-36/h4-25H,1-3H3. The van der Waals surface area contributed by atoms with Crippen molar-refractivity contribution >= 4 is 44.6 Å². The maximum absolute atomic E-state index is 6.68. The van der Waals surface area contributed by atoms with Crippen LogP contribution in [0.15, 0.2) is 133 Å². The lowest BCUT2D eigenvalue weighted by atomic mass is 9.35. The summed E-state index contributed by atoms with van der Waals surface area (Å²) in [4.78, 5) is 0. The van der Waals surface area contributed by atoms with Crippen molar-refractivity contribution in [1.29, 1.82) is 0 Å². The van der Waals surface area contributed by atoms with Gasteiger partial charge in [-0.1, -0.05) is 130 Å². The minimum Gasteiger partial charge on any atom is -0.458 e. The largest absolute Gasteiger partial charge is 0.458 e. The van der Waals surface area contributed by atoms with Crippen molar-refractivity contribution < 1.29 is 9.47 Å². The second-order valence-electron chi connectivity index (χ2n) is 13.3. The van der Waals surface area contributed by atoms with Crippen LogP contribution in [-0.2, 0) is 5.41 Å². The highest BCUT2D eigenvalue weighted by Gasteiger charge is 2.39. The monoisotopic (exact) mass is 578 g/mol. The highest BCUT2D eigenvalue weighted by molar-refractivity contribution is 6.98. The molecule has 0 radical (unpaired) electrons. The third kappa shape index (κ3) is 3.97. The van der Waals surface area contributed by atoms with E-state index in [9.17, 15) is 0 Å². The second kappa shape index (κ2) is 9.61. The normalized spacial score (nSPS) is 13.1. The zero-order valence-corrected chi connectivity index (χ0v) is 25.6. The van der Waals surface area contributed by atoms with E-state index in [-0.39, 0.29) is 12.1 Å². The molecule has 0 bridgehead atoms.